The molecule has 2 amide bonds. The Morgan fingerprint density at radius 2 is 1.69 bits per heavy atom. The number of amides is 2. The van der Waals surface area contributed by atoms with Crippen LogP contribution in [0.2, 0.25) is 0 Å². The Labute approximate surface area is 177 Å². The molecule has 29 heavy (non-hydrogen) atoms. The molecule has 0 radical (unpaired) electrons. The van der Waals surface area contributed by atoms with Gasteiger partial charge < -0.3 is 10.2 Å². The van der Waals surface area contributed by atoms with Gasteiger partial charge in [0, 0.05) is 5.69 Å². The third kappa shape index (κ3) is 5.06. The molecule has 0 aromatic heterocycles. The number of hydrogen-bond donors (Lipinski definition) is 0. The Hall–Kier alpha value is -2.61. The number of benzene rings is 2. The first kappa shape index (κ1) is 24.4. The number of nitrogens with zero attached hydrogens (tertiary/aromatic N) is 3. The number of ether oxygens (including phenoxy) is 1. The summed E-state index contributed by atoms with van der Waals surface area (Å²) >= 11 is 0. The van der Waals surface area contributed by atoms with Crippen LogP contribution in [0.25, 0.3) is 0 Å². The van der Waals surface area contributed by atoms with Crippen molar-refractivity contribution in [1.82, 2.24) is 4.90 Å². The summed E-state index contributed by atoms with van der Waals surface area (Å²) < 4.78 is 5.19. The van der Waals surface area contributed by atoms with Crippen molar-refractivity contribution in [3.63, 3.8) is 0 Å². The molecule has 0 bridgehead atoms. The van der Waals surface area contributed by atoms with Crippen LogP contribution >= 0.6 is 12.4 Å². The third-order valence-electron chi connectivity index (χ3n) is 4.89. The van der Waals surface area contributed by atoms with Crippen LogP contribution in [0.15, 0.2) is 48.5 Å². The molecule has 0 unspecified atom stereocenters. The van der Waals surface area contributed by atoms with Gasteiger partial charge in [-0.15, -0.1) is 12.4 Å². The number of carbonyl (C=O) groups is 2. The van der Waals surface area contributed by atoms with Gasteiger partial charge in [-0.05, 0) is 49.5 Å². The number of halogens is 1. The van der Waals surface area contributed by atoms with E-state index in [0.29, 0.717) is 17.8 Å². The van der Waals surface area contributed by atoms with Crippen LogP contribution < -0.4 is 14.5 Å². The summed E-state index contributed by atoms with van der Waals surface area (Å²) in [5.41, 5.74) is 1.94. The Morgan fingerprint density at radius 3 is 2.28 bits per heavy atom. The van der Waals surface area contributed by atoms with E-state index in [-0.39, 0.29) is 36.4 Å². The Balaban J connectivity index is 0.00000210. The second-order valence-corrected chi connectivity index (χ2v) is 6.37. The predicted molar refractivity (Wildman–Crippen MR) is 117 cm³/mol. The zero-order valence-electron chi connectivity index (χ0n) is 16.9. The molecule has 3 rings (SSSR count). The molecule has 0 atom stereocenters. The number of para-hydroxylation sites is 1. The maximum absolute atomic E-state index is 13.0. The number of carbonyl (C=O) groups excluding carboxylic acids is 2. The van der Waals surface area contributed by atoms with Crippen molar-refractivity contribution in [2.24, 2.45) is 0 Å². The van der Waals surface area contributed by atoms with Gasteiger partial charge in [-0.3, -0.25) is 24.3 Å². The second-order valence-electron chi connectivity index (χ2n) is 6.37. The van der Waals surface area contributed by atoms with Gasteiger partial charge in [0.15, 0.2) is 0 Å². The van der Waals surface area contributed by atoms with E-state index in [4.69, 9.17) is 4.74 Å². The predicted octanol–water partition coefficient (Wildman–Crippen LogP) is 2.59. The van der Waals surface area contributed by atoms with Crippen LogP contribution in [0.4, 0.5) is 11.4 Å². The minimum Gasteiger partial charge on any atom is -0.497 e. The topological polar surface area (TPSA) is 84.6 Å². The molecule has 0 fully saturated rings. The first-order valence-electron chi connectivity index (χ1n) is 9.16. The lowest BCUT2D eigenvalue weighted by Gasteiger charge is -2.37. The normalized spacial score (nSPS) is 12.8. The monoisotopic (exact) mass is 421 g/mol. The van der Waals surface area contributed by atoms with E-state index >= 15 is 0 Å². The third-order valence-corrected chi connectivity index (χ3v) is 4.89. The van der Waals surface area contributed by atoms with Gasteiger partial charge in [-0.1, -0.05) is 26.0 Å². The fourth-order valence-corrected chi connectivity index (χ4v) is 3.22. The average Bonchev–Trinajstić information content (AvgIpc) is 2.72. The second kappa shape index (κ2) is 10.8. The molecular formula is C21H28ClN3O4. The molecule has 2 aromatic carbocycles. The summed E-state index contributed by atoms with van der Waals surface area (Å²) in [6.07, 6.45) is 0. The lowest BCUT2D eigenvalue weighted by Crippen LogP contribution is -2.52. The van der Waals surface area contributed by atoms with Gasteiger partial charge in [-0.25, -0.2) is 0 Å². The van der Waals surface area contributed by atoms with Crippen molar-refractivity contribution >= 4 is 35.6 Å². The Bertz CT molecular complexity index is 825. The summed E-state index contributed by atoms with van der Waals surface area (Å²) in [6.45, 7) is 6.20. The first-order chi connectivity index (χ1) is 13.1. The standard InChI is InChI=1S/C21H25N3O3.ClH.H2O/c1-4-22(5-2)14-20(25)24-15-23(16-10-12-17(27-3)13-11-16)21(26)18-8-6-7-9-19(18)24;;/h6-13H,4-5,14-15H2,1-3H3;1H;1H2. The maximum atomic E-state index is 13.0. The first-order valence-corrected chi connectivity index (χ1v) is 9.16. The number of fused-ring (bicyclic) bond motifs is 1. The smallest absolute Gasteiger partial charge is 0.261 e. The van der Waals surface area contributed by atoms with E-state index in [9.17, 15) is 9.59 Å². The van der Waals surface area contributed by atoms with Crippen LogP contribution in [0.5, 0.6) is 5.75 Å². The number of methoxy groups -OCH3 is 1. The highest BCUT2D eigenvalue weighted by Crippen LogP contribution is 2.31. The van der Waals surface area contributed by atoms with Gasteiger partial charge in [-0.2, -0.15) is 0 Å². The average molecular weight is 422 g/mol. The van der Waals surface area contributed by atoms with Crippen LogP contribution in [-0.4, -0.2) is 55.6 Å². The molecule has 7 nitrogen and oxygen atoms in total. The molecule has 8 heteroatoms. The Kier molecular flexibility index (Phi) is 9.10. The summed E-state index contributed by atoms with van der Waals surface area (Å²) in [6, 6.07) is 14.6. The molecule has 0 spiro atoms. The van der Waals surface area contributed by atoms with Gasteiger partial charge in [0.25, 0.3) is 5.91 Å². The Morgan fingerprint density at radius 1 is 1.07 bits per heavy atom. The summed E-state index contributed by atoms with van der Waals surface area (Å²) in [4.78, 5) is 31.4. The fourth-order valence-electron chi connectivity index (χ4n) is 3.22. The van der Waals surface area contributed by atoms with Gasteiger partial charge in [0.1, 0.15) is 12.4 Å². The van der Waals surface area contributed by atoms with E-state index in [1.807, 2.05) is 56.3 Å². The van der Waals surface area contributed by atoms with E-state index in [0.717, 1.165) is 24.5 Å². The van der Waals surface area contributed by atoms with E-state index < -0.39 is 0 Å². The largest absolute Gasteiger partial charge is 0.497 e. The molecule has 0 saturated carbocycles. The maximum Gasteiger partial charge on any atom is 0.261 e. The molecular weight excluding hydrogens is 394 g/mol. The highest BCUT2D eigenvalue weighted by atomic mass is 35.5. The lowest BCUT2D eigenvalue weighted by molar-refractivity contribution is -0.119. The molecule has 1 aliphatic rings. The van der Waals surface area contributed by atoms with Crippen LogP contribution in [0.3, 0.4) is 0 Å². The van der Waals surface area contributed by atoms with E-state index in [1.54, 1.807) is 23.0 Å². The highest BCUT2D eigenvalue weighted by Gasteiger charge is 2.33. The molecule has 2 aromatic rings. The van der Waals surface area contributed by atoms with Crippen molar-refractivity contribution in [3.8, 4) is 5.75 Å². The van der Waals surface area contributed by atoms with Crippen molar-refractivity contribution in [2.45, 2.75) is 13.8 Å². The molecule has 1 heterocycles. The van der Waals surface area contributed by atoms with Crippen molar-refractivity contribution < 1.29 is 19.8 Å². The quantitative estimate of drug-likeness (QED) is 0.717. The molecule has 158 valence electrons. The van der Waals surface area contributed by atoms with Crippen LogP contribution in [0.1, 0.15) is 24.2 Å². The molecule has 2 N–H and O–H groups in total. The minimum atomic E-state index is -0.109. The highest BCUT2D eigenvalue weighted by molar-refractivity contribution is 6.15. The zero-order valence-corrected chi connectivity index (χ0v) is 17.7. The SMILES string of the molecule is CCN(CC)CC(=O)N1CN(c2ccc(OC)cc2)C(=O)c2ccccc21.Cl.O. The molecule has 0 aliphatic carbocycles. The number of rotatable bonds is 6. The summed E-state index contributed by atoms with van der Waals surface area (Å²) in [5.74, 6) is 0.595. The molecule has 1 aliphatic heterocycles. The van der Waals surface area contributed by atoms with Crippen LogP contribution in [0, 0.1) is 0 Å². The lowest BCUT2D eigenvalue weighted by atomic mass is 10.1. The van der Waals surface area contributed by atoms with Crippen molar-refractivity contribution in [3.05, 3.63) is 54.1 Å². The minimum absolute atomic E-state index is 0. The number of anilines is 2. The van der Waals surface area contributed by atoms with Gasteiger partial charge in [0.2, 0.25) is 5.91 Å². The van der Waals surface area contributed by atoms with Crippen molar-refractivity contribution in [2.75, 3.05) is 43.2 Å². The van der Waals surface area contributed by atoms with E-state index in [2.05, 4.69) is 4.90 Å². The van der Waals surface area contributed by atoms with Gasteiger partial charge in [0.05, 0.1) is 24.9 Å². The number of likely N-dealkylation sites (N-methyl/N-ethyl adjacent to an activating group) is 1. The van der Waals surface area contributed by atoms with E-state index in [1.165, 1.54) is 0 Å². The number of hydrogen-bond acceptors (Lipinski definition) is 4. The van der Waals surface area contributed by atoms with Gasteiger partial charge >= 0.3 is 0 Å². The van der Waals surface area contributed by atoms with Crippen LogP contribution in [-0.2, 0) is 4.79 Å². The zero-order chi connectivity index (χ0) is 19.4. The molecule has 0 saturated heterocycles. The fraction of sp³-hybridized carbons (Fsp3) is 0.333. The van der Waals surface area contributed by atoms with Crippen molar-refractivity contribution in [1.29, 1.82) is 0 Å². The summed E-state index contributed by atoms with van der Waals surface area (Å²) in [5, 5.41) is 0. The summed E-state index contributed by atoms with van der Waals surface area (Å²) in [7, 11) is 1.60.